The Labute approximate surface area is 177 Å². The van der Waals surface area contributed by atoms with Crippen molar-refractivity contribution in [2.24, 2.45) is 0 Å². The van der Waals surface area contributed by atoms with Crippen LogP contribution in [0.3, 0.4) is 0 Å². The molecule has 0 spiro atoms. The maximum atomic E-state index is 2.55. The molecular weight excluding hydrogens is 550 g/mol. The average Bonchev–Trinajstić information content (AvgIpc) is 2.64. The van der Waals surface area contributed by atoms with E-state index in [1.807, 2.05) is 0 Å². The molecule has 4 aromatic rings. The Bertz CT molecular complexity index is 1080. The normalized spacial score (nSPS) is 12.6. The molecule has 4 rings (SSSR count). The van der Waals surface area contributed by atoms with E-state index in [0.29, 0.717) is 0 Å². The third-order valence-electron chi connectivity index (χ3n) is 5.72. The first-order valence-electron chi connectivity index (χ1n) is 10.2. The van der Waals surface area contributed by atoms with Gasteiger partial charge in [-0.05, 0) is 0 Å². The molecular formula is C26H30Sn2. The van der Waals surface area contributed by atoms with Crippen LogP contribution in [0, 0.1) is 0 Å². The van der Waals surface area contributed by atoms with Gasteiger partial charge < -0.3 is 0 Å². The molecule has 0 fully saturated rings. The molecule has 0 heterocycles. The van der Waals surface area contributed by atoms with Gasteiger partial charge in [0.25, 0.3) is 0 Å². The Kier molecular flexibility index (Phi) is 5.33. The Hall–Kier alpha value is -1.00. The number of rotatable bonds is 3. The first-order valence-corrected chi connectivity index (χ1v) is 30.2. The van der Waals surface area contributed by atoms with Gasteiger partial charge >= 0.3 is 179 Å². The van der Waals surface area contributed by atoms with Crippen molar-refractivity contribution in [1.29, 1.82) is 0 Å². The maximum absolute atomic E-state index is 2.55. The van der Waals surface area contributed by atoms with Gasteiger partial charge in [0.1, 0.15) is 0 Å². The first kappa shape index (κ1) is 20.3. The van der Waals surface area contributed by atoms with Crippen molar-refractivity contribution < 1.29 is 0 Å². The molecule has 0 atom stereocenters. The van der Waals surface area contributed by atoms with Crippen LogP contribution in [0.5, 0.6) is 0 Å². The standard InChI is InChI=1S/C20H12.6CH3.2Sn/c1-3-11-17-15(7-1)9-5-13-19(17)20-14-6-10-16-8-2-4-12-18(16)20;;;;;;;;/h1-12H;6*1H3;;. The molecule has 0 radical (unpaired) electrons. The molecule has 0 amide bonds. The fourth-order valence-electron chi connectivity index (χ4n) is 4.33. The van der Waals surface area contributed by atoms with Gasteiger partial charge in [0, 0.05) is 0 Å². The molecule has 0 nitrogen and oxygen atoms in total. The number of hydrogen-bond donors (Lipinski definition) is 0. The van der Waals surface area contributed by atoms with Crippen molar-refractivity contribution >= 4 is 65.5 Å². The monoisotopic (exact) mass is 582 g/mol. The van der Waals surface area contributed by atoms with Crippen LogP contribution in [0.2, 0.25) is 29.6 Å². The minimum atomic E-state index is -2.35. The van der Waals surface area contributed by atoms with Crippen molar-refractivity contribution in [2.75, 3.05) is 0 Å². The second-order valence-corrected chi connectivity index (χ2v) is 38.7. The van der Waals surface area contributed by atoms with Gasteiger partial charge in [-0.2, -0.15) is 0 Å². The summed E-state index contributed by atoms with van der Waals surface area (Å²) in [7, 11) is 0. The van der Waals surface area contributed by atoms with Crippen molar-refractivity contribution in [3.05, 3.63) is 72.8 Å². The van der Waals surface area contributed by atoms with Gasteiger partial charge in [-0.1, -0.05) is 0 Å². The van der Waals surface area contributed by atoms with Crippen LogP contribution in [0.4, 0.5) is 0 Å². The van der Waals surface area contributed by atoms with E-state index < -0.39 is 36.8 Å². The van der Waals surface area contributed by atoms with E-state index in [1.165, 1.54) is 21.5 Å². The molecule has 0 saturated carbocycles. The second-order valence-electron chi connectivity index (χ2n) is 9.92. The Morgan fingerprint density at radius 2 is 0.786 bits per heavy atom. The Morgan fingerprint density at radius 3 is 1.14 bits per heavy atom. The fourth-order valence-corrected chi connectivity index (χ4v) is 13.4. The summed E-state index contributed by atoms with van der Waals surface area (Å²) < 4.78 is 3.31. The van der Waals surface area contributed by atoms with Gasteiger partial charge in [-0.25, -0.2) is 0 Å². The first-order chi connectivity index (χ1) is 13.2. The third kappa shape index (κ3) is 3.63. The van der Waals surface area contributed by atoms with Crippen molar-refractivity contribution in [3.63, 3.8) is 0 Å². The summed E-state index contributed by atoms with van der Waals surface area (Å²) in [4.78, 5) is 15.3. The minimum absolute atomic E-state index is 1.36. The van der Waals surface area contributed by atoms with Gasteiger partial charge in [0.2, 0.25) is 0 Å². The quantitative estimate of drug-likeness (QED) is 0.236. The van der Waals surface area contributed by atoms with Gasteiger partial charge in [-0.15, -0.1) is 0 Å². The predicted octanol–water partition coefficient (Wildman–Crippen LogP) is 6.75. The Morgan fingerprint density at radius 1 is 0.429 bits per heavy atom. The van der Waals surface area contributed by atoms with Crippen LogP contribution in [0.25, 0.3) is 32.7 Å². The van der Waals surface area contributed by atoms with Crippen LogP contribution in [0.1, 0.15) is 0 Å². The number of hydrogen-bond acceptors (Lipinski definition) is 0. The van der Waals surface area contributed by atoms with Crippen molar-refractivity contribution in [1.82, 2.24) is 0 Å². The Balaban J connectivity index is 2.27. The van der Waals surface area contributed by atoms with Crippen LogP contribution in [-0.2, 0) is 0 Å². The molecule has 0 saturated heterocycles. The van der Waals surface area contributed by atoms with E-state index in [4.69, 9.17) is 0 Å². The van der Waals surface area contributed by atoms with E-state index in [-0.39, 0.29) is 0 Å². The molecule has 0 aliphatic heterocycles. The topological polar surface area (TPSA) is 0 Å². The molecule has 0 aromatic heterocycles. The summed E-state index contributed by atoms with van der Waals surface area (Å²) in [6.07, 6.45) is 0. The molecule has 0 unspecified atom stereocenters. The fraction of sp³-hybridized carbons (Fsp3) is 0.231. The molecule has 28 heavy (non-hydrogen) atoms. The predicted molar refractivity (Wildman–Crippen MR) is 133 cm³/mol. The SMILES string of the molecule is [CH3][Sn]([CH3])([CH3])[c]1ccc2ccccc2c1-c1[c]([Sn]([CH3])([CH3])[CH3])ccc2ccccc12. The summed E-state index contributed by atoms with van der Waals surface area (Å²) >= 11 is -4.69. The zero-order valence-corrected chi connectivity index (χ0v) is 23.6. The van der Waals surface area contributed by atoms with E-state index in [9.17, 15) is 0 Å². The van der Waals surface area contributed by atoms with Gasteiger partial charge in [0.05, 0.1) is 0 Å². The van der Waals surface area contributed by atoms with Crippen LogP contribution < -0.4 is 7.16 Å². The summed E-state index contributed by atoms with van der Waals surface area (Å²) in [6, 6.07) is 27.6. The molecule has 0 aliphatic carbocycles. The number of fused-ring (bicyclic) bond motifs is 2. The van der Waals surface area contributed by atoms with E-state index >= 15 is 0 Å². The van der Waals surface area contributed by atoms with E-state index in [2.05, 4.69) is 102 Å². The van der Waals surface area contributed by atoms with Crippen LogP contribution in [-0.4, -0.2) is 36.8 Å². The zero-order chi connectivity index (χ0) is 20.1. The number of benzene rings is 4. The van der Waals surface area contributed by atoms with E-state index in [0.717, 1.165) is 0 Å². The summed E-state index contributed by atoms with van der Waals surface area (Å²) in [5, 5.41) is 5.58. The molecule has 0 N–H and O–H groups in total. The average molecular weight is 580 g/mol. The van der Waals surface area contributed by atoms with Crippen LogP contribution >= 0.6 is 0 Å². The molecule has 142 valence electrons. The van der Waals surface area contributed by atoms with Gasteiger partial charge in [0.15, 0.2) is 0 Å². The van der Waals surface area contributed by atoms with Crippen molar-refractivity contribution in [3.8, 4) is 11.1 Å². The van der Waals surface area contributed by atoms with Crippen LogP contribution in [0.15, 0.2) is 72.8 Å². The van der Waals surface area contributed by atoms with Gasteiger partial charge in [-0.3, -0.25) is 0 Å². The van der Waals surface area contributed by atoms with Crippen molar-refractivity contribution in [2.45, 2.75) is 29.6 Å². The molecule has 0 aliphatic rings. The third-order valence-corrected chi connectivity index (χ3v) is 17.3. The van der Waals surface area contributed by atoms with E-state index in [1.54, 1.807) is 18.3 Å². The summed E-state index contributed by atoms with van der Waals surface area (Å²) in [6.45, 7) is 0. The second kappa shape index (κ2) is 7.35. The summed E-state index contributed by atoms with van der Waals surface area (Å²) in [5.74, 6) is 0. The molecule has 0 bridgehead atoms. The zero-order valence-electron chi connectivity index (χ0n) is 17.9. The summed E-state index contributed by atoms with van der Waals surface area (Å²) in [5.41, 5.74) is 3.08. The molecule has 4 aromatic carbocycles. The molecule has 2 heteroatoms.